The van der Waals surface area contributed by atoms with E-state index in [0.717, 1.165) is 32.1 Å². The Morgan fingerprint density at radius 1 is 1.04 bits per heavy atom. The normalized spacial score (nSPS) is 10.5. The molecule has 0 saturated carbocycles. The molecule has 2 heterocycles. The molecule has 0 aliphatic heterocycles. The summed E-state index contributed by atoms with van der Waals surface area (Å²) in [6.45, 7) is 0. The highest BCUT2D eigenvalue weighted by atomic mass is 32.1. The molecule has 0 saturated heterocycles. The first-order valence-electron chi connectivity index (χ1n) is 8.50. The summed E-state index contributed by atoms with van der Waals surface area (Å²) in [6.07, 6.45) is 1.53. The summed E-state index contributed by atoms with van der Waals surface area (Å²) < 4.78 is 6.17. The number of benzene rings is 2. The number of ether oxygens (including phenoxy) is 1. The highest BCUT2D eigenvalue weighted by Crippen LogP contribution is 2.35. The smallest absolute Gasteiger partial charge is 0.189 e. The maximum Gasteiger partial charge on any atom is 0.189 e. The van der Waals surface area contributed by atoms with Gasteiger partial charge in [-0.05, 0) is 36.0 Å². The summed E-state index contributed by atoms with van der Waals surface area (Å²) in [7, 11) is 1.63. The van der Waals surface area contributed by atoms with E-state index in [1.807, 2.05) is 42.5 Å². The molecule has 0 radical (unpaired) electrons. The Balaban J connectivity index is 1.48. The molecule has 0 atom stereocenters. The third kappa shape index (κ3) is 4.03. The van der Waals surface area contributed by atoms with Gasteiger partial charge in [-0.2, -0.15) is 0 Å². The first-order valence-corrected chi connectivity index (χ1v) is 9.72. The van der Waals surface area contributed by atoms with Crippen molar-refractivity contribution < 1.29 is 4.74 Å². The molecule has 0 unspecified atom stereocenters. The lowest BCUT2D eigenvalue weighted by Gasteiger charge is -2.12. The molecule has 28 heavy (non-hydrogen) atoms. The van der Waals surface area contributed by atoms with Crippen molar-refractivity contribution in [1.29, 1.82) is 0 Å². The summed E-state index contributed by atoms with van der Waals surface area (Å²) in [4.78, 5) is 9.85. The van der Waals surface area contributed by atoms with Gasteiger partial charge in [0.05, 0.1) is 17.3 Å². The van der Waals surface area contributed by atoms with Gasteiger partial charge in [-0.15, -0.1) is 11.3 Å². The van der Waals surface area contributed by atoms with Crippen LogP contribution in [0.15, 0.2) is 67.0 Å². The molecular formula is C20H17N5OS2. The SMILES string of the molecule is COc1cccc(NC(=S)NNc2ncnc3cc(-c4ccccc4)sc23)c1. The minimum absolute atomic E-state index is 0.417. The Morgan fingerprint density at radius 3 is 2.71 bits per heavy atom. The van der Waals surface area contributed by atoms with E-state index in [0.29, 0.717) is 10.9 Å². The fourth-order valence-electron chi connectivity index (χ4n) is 2.67. The van der Waals surface area contributed by atoms with Crippen LogP contribution in [0, 0.1) is 0 Å². The van der Waals surface area contributed by atoms with Crippen LogP contribution < -0.4 is 20.9 Å². The lowest BCUT2D eigenvalue weighted by atomic mass is 10.2. The number of fused-ring (bicyclic) bond motifs is 1. The van der Waals surface area contributed by atoms with Crippen molar-refractivity contribution in [3.05, 3.63) is 67.0 Å². The van der Waals surface area contributed by atoms with Crippen LogP contribution in [-0.2, 0) is 0 Å². The van der Waals surface area contributed by atoms with Crippen LogP contribution in [0.5, 0.6) is 5.75 Å². The predicted molar refractivity (Wildman–Crippen MR) is 119 cm³/mol. The van der Waals surface area contributed by atoms with E-state index in [-0.39, 0.29) is 0 Å². The summed E-state index contributed by atoms with van der Waals surface area (Å²) in [6, 6.07) is 19.8. The molecule has 4 rings (SSSR count). The highest BCUT2D eigenvalue weighted by molar-refractivity contribution is 7.80. The second kappa shape index (κ2) is 8.20. The summed E-state index contributed by atoms with van der Waals surface area (Å²) >= 11 is 6.98. The molecule has 8 heteroatoms. The number of nitrogens with zero attached hydrogens (tertiary/aromatic N) is 2. The highest BCUT2D eigenvalue weighted by Gasteiger charge is 2.10. The second-order valence-corrected chi connectivity index (χ2v) is 7.31. The van der Waals surface area contributed by atoms with E-state index in [9.17, 15) is 0 Å². The van der Waals surface area contributed by atoms with Crippen LogP contribution in [0.2, 0.25) is 0 Å². The second-order valence-electron chi connectivity index (χ2n) is 5.85. The number of thiocarbonyl (C=S) groups is 1. The van der Waals surface area contributed by atoms with Gasteiger partial charge in [0.25, 0.3) is 0 Å². The van der Waals surface area contributed by atoms with E-state index in [1.165, 1.54) is 6.33 Å². The van der Waals surface area contributed by atoms with Crippen LogP contribution in [0.3, 0.4) is 0 Å². The van der Waals surface area contributed by atoms with Gasteiger partial charge in [0.15, 0.2) is 10.9 Å². The lowest BCUT2D eigenvalue weighted by molar-refractivity contribution is 0.415. The van der Waals surface area contributed by atoms with Gasteiger partial charge in [-0.3, -0.25) is 10.9 Å². The van der Waals surface area contributed by atoms with Crippen LogP contribution in [0.25, 0.3) is 20.7 Å². The van der Waals surface area contributed by atoms with Gasteiger partial charge in [0, 0.05) is 16.6 Å². The zero-order valence-electron chi connectivity index (χ0n) is 15.0. The zero-order valence-corrected chi connectivity index (χ0v) is 16.6. The van der Waals surface area contributed by atoms with E-state index in [4.69, 9.17) is 17.0 Å². The first kappa shape index (κ1) is 18.1. The molecule has 6 nitrogen and oxygen atoms in total. The van der Waals surface area contributed by atoms with Crippen LogP contribution in [0.1, 0.15) is 0 Å². The topological polar surface area (TPSA) is 71.1 Å². The molecule has 4 aromatic rings. The number of hydrogen-bond acceptors (Lipinski definition) is 6. The van der Waals surface area contributed by atoms with Crippen LogP contribution in [0.4, 0.5) is 11.5 Å². The molecule has 0 aliphatic carbocycles. The molecule has 0 bridgehead atoms. The van der Waals surface area contributed by atoms with Gasteiger partial charge in [0.2, 0.25) is 0 Å². The average Bonchev–Trinajstić information content (AvgIpc) is 3.18. The average molecular weight is 408 g/mol. The van der Waals surface area contributed by atoms with Crippen molar-refractivity contribution in [1.82, 2.24) is 15.4 Å². The molecule has 0 aliphatic rings. The van der Waals surface area contributed by atoms with Gasteiger partial charge >= 0.3 is 0 Å². The van der Waals surface area contributed by atoms with Gasteiger partial charge in [-0.25, -0.2) is 9.97 Å². The van der Waals surface area contributed by atoms with E-state index < -0.39 is 0 Å². The Hall–Kier alpha value is -3.23. The Labute approximate surface area is 171 Å². The van der Waals surface area contributed by atoms with Crippen LogP contribution >= 0.6 is 23.6 Å². The molecule has 0 fully saturated rings. The van der Waals surface area contributed by atoms with Crippen molar-refractivity contribution in [3.63, 3.8) is 0 Å². The molecular weight excluding hydrogens is 390 g/mol. The van der Waals surface area contributed by atoms with E-state index >= 15 is 0 Å². The summed E-state index contributed by atoms with van der Waals surface area (Å²) in [5.74, 6) is 1.43. The quantitative estimate of drug-likeness (QED) is 0.328. The third-order valence-electron chi connectivity index (χ3n) is 3.99. The minimum atomic E-state index is 0.417. The molecule has 2 aromatic carbocycles. The largest absolute Gasteiger partial charge is 0.497 e. The van der Waals surface area contributed by atoms with Gasteiger partial charge in [0.1, 0.15) is 12.1 Å². The fraction of sp³-hybridized carbons (Fsp3) is 0.0500. The Morgan fingerprint density at radius 2 is 1.89 bits per heavy atom. The van der Waals surface area contributed by atoms with Crippen molar-refractivity contribution in [2.75, 3.05) is 17.9 Å². The number of aromatic nitrogens is 2. The maximum atomic E-state index is 5.35. The standard InChI is InChI=1S/C20H17N5OS2/c1-26-15-9-5-8-14(10-15)23-20(27)25-24-19-18-16(21-12-22-19)11-17(28-18)13-6-3-2-4-7-13/h2-12H,1H3,(H,21,22,24)(H2,23,25,27). The number of nitrogens with one attached hydrogen (secondary N) is 3. The van der Waals surface area contributed by atoms with Crippen LogP contribution in [-0.4, -0.2) is 22.2 Å². The first-order chi connectivity index (χ1) is 13.7. The van der Waals surface area contributed by atoms with Crippen molar-refractivity contribution in [2.45, 2.75) is 0 Å². The van der Waals surface area contributed by atoms with Gasteiger partial charge in [-0.1, -0.05) is 36.4 Å². The Kier molecular flexibility index (Phi) is 5.31. The van der Waals surface area contributed by atoms with E-state index in [2.05, 4.69) is 44.3 Å². The minimum Gasteiger partial charge on any atom is -0.497 e. The zero-order chi connectivity index (χ0) is 19.3. The number of methoxy groups -OCH3 is 1. The summed E-state index contributed by atoms with van der Waals surface area (Å²) in [5, 5.41) is 3.52. The Bertz CT molecular complexity index is 1110. The number of rotatable bonds is 5. The predicted octanol–water partition coefficient (Wildman–Crippen LogP) is 4.68. The number of hydrazine groups is 1. The van der Waals surface area contributed by atoms with Crippen molar-refractivity contribution in [2.24, 2.45) is 0 Å². The molecule has 3 N–H and O–H groups in total. The summed E-state index contributed by atoms with van der Waals surface area (Å²) in [5.41, 5.74) is 8.91. The monoisotopic (exact) mass is 407 g/mol. The third-order valence-corrected chi connectivity index (χ3v) is 5.38. The molecule has 140 valence electrons. The lowest BCUT2D eigenvalue weighted by Crippen LogP contribution is -2.33. The number of hydrogen-bond donors (Lipinski definition) is 3. The number of anilines is 2. The maximum absolute atomic E-state index is 5.35. The van der Waals surface area contributed by atoms with E-state index in [1.54, 1.807) is 18.4 Å². The van der Waals surface area contributed by atoms with Crippen molar-refractivity contribution in [3.8, 4) is 16.2 Å². The molecule has 2 aromatic heterocycles. The fourth-order valence-corrected chi connectivity index (χ4v) is 3.90. The van der Waals surface area contributed by atoms with Gasteiger partial charge < -0.3 is 10.1 Å². The molecule has 0 spiro atoms. The number of thiophene rings is 1. The molecule has 0 amide bonds. The van der Waals surface area contributed by atoms with Crippen molar-refractivity contribution >= 4 is 50.4 Å².